The van der Waals surface area contributed by atoms with Gasteiger partial charge in [-0.25, -0.2) is 8.42 Å². The van der Waals surface area contributed by atoms with E-state index in [0.29, 0.717) is 24.8 Å². The Kier molecular flexibility index (Phi) is 4.98. The smallest absolute Gasteiger partial charge is 0.151 e. The van der Waals surface area contributed by atoms with Gasteiger partial charge in [0.05, 0.1) is 5.75 Å². The zero-order chi connectivity index (χ0) is 13.1. The molecule has 1 N–H and O–H groups in total. The van der Waals surface area contributed by atoms with E-state index in [-0.39, 0.29) is 11.3 Å². The first-order valence-corrected chi connectivity index (χ1v) is 8.28. The highest BCUT2D eigenvalue weighted by Gasteiger charge is 2.32. The van der Waals surface area contributed by atoms with Crippen LogP contribution < -0.4 is 5.32 Å². The molecule has 0 aliphatic carbocycles. The van der Waals surface area contributed by atoms with Gasteiger partial charge in [-0.15, -0.1) is 0 Å². The molecule has 1 rings (SSSR count). The van der Waals surface area contributed by atoms with Crippen LogP contribution in [0.4, 0.5) is 0 Å². The molecule has 1 saturated heterocycles. The molecule has 1 fully saturated rings. The van der Waals surface area contributed by atoms with Crippen LogP contribution in [-0.2, 0) is 9.84 Å². The quantitative estimate of drug-likeness (QED) is 0.799. The molecule has 5 heteroatoms. The fraction of sp³-hybridized carbons (Fsp3) is 1.00. The van der Waals surface area contributed by atoms with E-state index in [4.69, 9.17) is 0 Å². The fourth-order valence-electron chi connectivity index (χ4n) is 2.23. The van der Waals surface area contributed by atoms with E-state index in [2.05, 4.69) is 31.0 Å². The molecule has 0 radical (unpaired) electrons. The van der Waals surface area contributed by atoms with E-state index in [1.165, 1.54) is 0 Å². The molecule has 1 aliphatic heterocycles. The predicted molar refractivity (Wildman–Crippen MR) is 72.1 cm³/mol. The summed E-state index contributed by atoms with van der Waals surface area (Å²) in [7, 11) is -2.86. The lowest BCUT2D eigenvalue weighted by atomic mass is 9.98. The van der Waals surface area contributed by atoms with Crippen LogP contribution in [0.3, 0.4) is 0 Å². The summed E-state index contributed by atoms with van der Waals surface area (Å²) in [6, 6.07) is 0.442. The summed E-state index contributed by atoms with van der Waals surface area (Å²) in [5, 5.41) is 3.43. The molecule has 1 atom stereocenters. The molecule has 0 aromatic carbocycles. The van der Waals surface area contributed by atoms with Gasteiger partial charge in [0, 0.05) is 37.0 Å². The van der Waals surface area contributed by atoms with Gasteiger partial charge in [0.1, 0.15) is 0 Å². The highest BCUT2D eigenvalue weighted by molar-refractivity contribution is 7.91. The van der Waals surface area contributed by atoms with Crippen LogP contribution in [0.1, 0.15) is 34.1 Å². The maximum Gasteiger partial charge on any atom is 0.151 e. The number of piperazine rings is 1. The van der Waals surface area contributed by atoms with Crippen molar-refractivity contribution < 1.29 is 8.42 Å². The molecule has 102 valence electrons. The van der Waals surface area contributed by atoms with Gasteiger partial charge in [0.25, 0.3) is 0 Å². The standard InChI is InChI=1S/C12H26N2O2S/c1-5-7-17(15,16)8-6-14-9-11(2)13-10-12(14,3)4/h11,13H,5-10H2,1-4H3. The minimum atomic E-state index is -2.86. The van der Waals surface area contributed by atoms with Crippen molar-refractivity contribution in [1.29, 1.82) is 0 Å². The number of rotatable bonds is 5. The van der Waals surface area contributed by atoms with Crippen molar-refractivity contribution in [1.82, 2.24) is 10.2 Å². The lowest BCUT2D eigenvalue weighted by Gasteiger charge is -2.45. The minimum absolute atomic E-state index is 0.0498. The Hall–Kier alpha value is -0.130. The number of nitrogens with zero attached hydrogens (tertiary/aromatic N) is 1. The molecule has 0 amide bonds. The van der Waals surface area contributed by atoms with Crippen molar-refractivity contribution in [3.63, 3.8) is 0 Å². The first kappa shape index (κ1) is 14.9. The molecule has 17 heavy (non-hydrogen) atoms. The number of nitrogens with one attached hydrogen (secondary N) is 1. The molecule has 1 aliphatic rings. The third-order valence-corrected chi connectivity index (χ3v) is 5.26. The third kappa shape index (κ3) is 4.56. The topological polar surface area (TPSA) is 49.4 Å². The van der Waals surface area contributed by atoms with Crippen LogP contribution in [0, 0.1) is 0 Å². The van der Waals surface area contributed by atoms with Crippen LogP contribution in [-0.4, -0.2) is 56.0 Å². The second kappa shape index (κ2) is 5.67. The largest absolute Gasteiger partial charge is 0.311 e. The van der Waals surface area contributed by atoms with Crippen molar-refractivity contribution in [2.45, 2.75) is 45.7 Å². The molecular formula is C12H26N2O2S. The van der Waals surface area contributed by atoms with Gasteiger partial charge < -0.3 is 5.32 Å². The van der Waals surface area contributed by atoms with Gasteiger partial charge in [0.15, 0.2) is 9.84 Å². The summed E-state index contributed by atoms with van der Waals surface area (Å²) >= 11 is 0. The molecular weight excluding hydrogens is 236 g/mol. The monoisotopic (exact) mass is 262 g/mol. The van der Waals surface area contributed by atoms with Gasteiger partial charge in [-0.05, 0) is 27.2 Å². The zero-order valence-electron chi connectivity index (χ0n) is 11.5. The molecule has 1 heterocycles. The predicted octanol–water partition coefficient (Wildman–Crippen LogP) is 0.884. The first-order valence-electron chi connectivity index (χ1n) is 6.46. The number of hydrogen-bond acceptors (Lipinski definition) is 4. The van der Waals surface area contributed by atoms with Crippen molar-refractivity contribution >= 4 is 9.84 Å². The van der Waals surface area contributed by atoms with Crippen molar-refractivity contribution in [3.8, 4) is 0 Å². The zero-order valence-corrected chi connectivity index (χ0v) is 12.3. The van der Waals surface area contributed by atoms with Gasteiger partial charge in [-0.2, -0.15) is 0 Å². The summed E-state index contributed by atoms with van der Waals surface area (Å²) < 4.78 is 23.4. The van der Waals surface area contributed by atoms with E-state index in [0.717, 1.165) is 13.1 Å². The average molecular weight is 262 g/mol. The Labute approximate surface area is 106 Å². The van der Waals surface area contributed by atoms with Gasteiger partial charge in [-0.3, -0.25) is 4.90 Å². The van der Waals surface area contributed by atoms with Crippen LogP contribution in [0.25, 0.3) is 0 Å². The summed E-state index contributed by atoms with van der Waals surface area (Å²) in [4.78, 5) is 2.29. The van der Waals surface area contributed by atoms with Crippen LogP contribution >= 0.6 is 0 Å². The number of sulfone groups is 1. The van der Waals surface area contributed by atoms with E-state index < -0.39 is 9.84 Å². The Morgan fingerprint density at radius 2 is 2.00 bits per heavy atom. The Bertz CT molecular complexity index is 338. The van der Waals surface area contributed by atoms with Crippen molar-refractivity contribution in [3.05, 3.63) is 0 Å². The maximum absolute atomic E-state index is 11.7. The highest BCUT2D eigenvalue weighted by Crippen LogP contribution is 2.18. The van der Waals surface area contributed by atoms with E-state index in [1.54, 1.807) is 0 Å². The van der Waals surface area contributed by atoms with Crippen molar-refractivity contribution in [2.24, 2.45) is 0 Å². The Morgan fingerprint density at radius 3 is 2.59 bits per heavy atom. The highest BCUT2D eigenvalue weighted by atomic mass is 32.2. The van der Waals surface area contributed by atoms with Crippen LogP contribution in [0.15, 0.2) is 0 Å². The molecule has 4 nitrogen and oxygen atoms in total. The summed E-state index contributed by atoms with van der Waals surface area (Å²) in [6.45, 7) is 10.9. The Morgan fingerprint density at radius 1 is 1.35 bits per heavy atom. The molecule has 0 aromatic rings. The van der Waals surface area contributed by atoms with Gasteiger partial charge in [-0.1, -0.05) is 6.92 Å². The molecule has 0 saturated carbocycles. The summed E-state index contributed by atoms with van der Waals surface area (Å²) in [6.07, 6.45) is 0.712. The van der Waals surface area contributed by atoms with E-state index in [9.17, 15) is 8.42 Å². The summed E-state index contributed by atoms with van der Waals surface area (Å²) in [5.41, 5.74) is 0.0498. The second-order valence-electron chi connectivity index (χ2n) is 5.69. The van der Waals surface area contributed by atoms with E-state index >= 15 is 0 Å². The van der Waals surface area contributed by atoms with E-state index in [1.807, 2.05) is 6.92 Å². The maximum atomic E-state index is 11.7. The minimum Gasteiger partial charge on any atom is -0.311 e. The fourth-order valence-corrected chi connectivity index (χ4v) is 3.56. The normalized spacial score (nSPS) is 26.0. The third-order valence-electron chi connectivity index (χ3n) is 3.42. The van der Waals surface area contributed by atoms with Crippen LogP contribution in [0.5, 0.6) is 0 Å². The van der Waals surface area contributed by atoms with Crippen molar-refractivity contribution in [2.75, 3.05) is 31.1 Å². The SMILES string of the molecule is CCCS(=O)(=O)CCN1CC(C)NCC1(C)C. The number of hydrogen-bond donors (Lipinski definition) is 1. The lowest BCUT2D eigenvalue weighted by molar-refractivity contribution is 0.0770. The average Bonchev–Trinajstić information content (AvgIpc) is 2.20. The summed E-state index contributed by atoms with van der Waals surface area (Å²) in [5.74, 6) is 0.603. The first-order chi connectivity index (χ1) is 7.77. The molecule has 0 aromatic heterocycles. The molecule has 1 unspecified atom stereocenters. The van der Waals surface area contributed by atoms with Crippen LogP contribution in [0.2, 0.25) is 0 Å². The lowest BCUT2D eigenvalue weighted by Crippen LogP contribution is -2.61. The molecule has 0 bridgehead atoms. The van der Waals surface area contributed by atoms with Gasteiger partial charge in [0.2, 0.25) is 0 Å². The second-order valence-corrected chi connectivity index (χ2v) is 8.00. The Balaban J connectivity index is 2.55. The van der Waals surface area contributed by atoms with Gasteiger partial charge >= 0.3 is 0 Å². The molecule has 0 spiro atoms.